The van der Waals surface area contributed by atoms with Crippen LogP contribution in [0.5, 0.6) is 0 Å². The second kappa shape index (κ2) is 9.30. The quantitative estimate of drug-likeness (QED) is 0.503. The fourth-order valence-corrected chi connectivity index (χ4v) is 1.44. The lowest BCUT2D eigenvalue weighted by Crippen LogP contribution is -2.45. The number of hydrogen-bond donors (Lipinski definition) is 3. The van der Waals surface area contributed by atoms with E-state index in [1.165, 1.54) is 4.90 Å². The summed E-state index contributed by atoms with van der Waals surface area (Å²) in [5, 5.41) is 11.6. The van der Waals surface area contributed by atoms with Crippen LogP contribution in [-0.2, 0) is 14.4 Å². The number of amides is 2. The van der Waals surface area contributed by atoms with Gasteiger partial charge in [0.25, 0.3) is 0 Å². The molecule has 0 radical (unpaired) electrons. The maximum atomic E-state index is 12.0. The Balaban J connectivity index is 4.35. The summed E-state index contributed by atoms with van der Waals surface area (Å²) in [7, 11) is 0. The molecule has 0 rings (SSSR count). The molecule has 13 heteroatoms. The zero-order valence-corrected chi connectivity index (χ0v) is 12.1. The smallest absolute Gasteiger partial charge is 0.471 e. The summed E-state index contributed by atoms with van der Waals surface area (Å²) in [4.78, 5) is 32.9. The van der Waals surface area contributed by atoms with Crippen LogP contribution in [0.15, 0.2) is 0 Å². The van der Waals surface area contributed by atoms with Gasteiger partial charge in [-0.2, -0.15) is 26.3 Å². The van der Waals surface area contributed by atoms with Crippen LogP contribution in [0.25, 0.3) is 0 Å². The fourth-order valence-electron chi connectivity index (χ4n) is 1.44. The van der Waals surface area contributed by atoms with Crippen LogP contribution < -0.4 is 10.6 Å². The zero-order valence-electron chi connectivity index (χ0n) is 12.1. The monoisotopic (exact) mass is 367 g/mol. The van der Waals surface area contributed by atoms with Gasteiger partial charge in [0.05, 0.1) is 6.42 Å². The van der Waals surface area contributed by atoms with Gasteiger partial charge in [-0.1, -0.05) is 0 Å². The predicted molar refractivity (Wildman–Crippen MR) is 66.8 cm³/mol. The molecule has 0 heterocycles. The van der Waals surface area contributed by atoms with Crippen molar-refractivity contribution in [1.29, 1.82) is 0 Å². The number of aliphatic carboxylic acids is 1. The molecule has 0 aliphatic rings. The second-order valence-electron chi connectivity index (χ2n) is 4.49. The molecular weight excluding hydrogens is 352 g/mol. The summed E-state index contributed by atoms with van der Waals surface area (Å²) in [6.45, 7) is -1.65. The molecule has 24 heavy (non-hydrogen) atoms. The Bertz CT molecular complexity index is 420. The van der Waals surface area contributed by atoms with Gasteiger partial charge in [-0.15, -0.1) is 0 Å². The predicted octanol–water partition coefficient (Wildman–Crippen LogP) is 0.120. The average Bonchev–Trinajstić information content (AvgIpc) is 2.41. The highest BCUT2D eigenvalue weighted by Gasteiger charge is 2.39. The van der Waals surface area contributed by atoms with Crippen LogP contribution in [0.2, 0.25) is 0 Å². The summed E-state index contributed by atoms with van der Waals surface area (Å²) >= 11 is 0. The maximum Gasteiger partial charge on any atom is 0.471 e. The molecule has 0 aromatic heterocycles. The molecule has 0 aromatic rings. The first kappa shape index (κ1) is 21.9. The van der Waals surface area contributed by atoms with Crippen molar-refractivity contribution >= 4 is 17.8 Å². The molecule has 0 aliphatic carbocycles. The molecule has 0 atom stereocenters. The molecule has 0 saturated heterocycles. The molecule has 0 bridgehead atoms. The number of nitrogens with one attached hydrogen (secondary N) is 2. The molecule has 2 amide bonds. The Hall–Kier alpha value is -2.05. The number of carbonyl (C=O) groups is 3. The number of carboxylic acids is 1. The van der Waals surface area contributed by atoms with Crippen molar-refractivity contribution in [3.63, 3.8) is 0 Å². The minimum absolute atomic E-state index is 0.181. The normalized spacial score (nSPS) is 12.1. The summed E-state index contributed by atoms with van der Waals surface area (Å²) in [6.07, 6.45) is -10.6. The van der Waals surface area contributed by atoms with Crippen LogP contribution in [-0.4, -0.2) is 72.9 Å². The molecule has 0 saturated carbocycles. The first-order valence-electron chi connectivity index (χ1n) is 6.48. The van der Waals surface area contributed by atoms with E-state index in [1.807, 2.05) is 0 Å². The number of carbonyl (C=O) groups excluding carboxylic acids is 2. The van der Waals surface area contributed by atoms with E-state index >= 15 is 0 Å². The van der Waals surface area contributed by atoms with Gasteiger partial charge in [-0.05, 0) is 0 Å². The molecule has 0 aromatic carbocycles. The lowest BCUT2D eigenvalue weighted by Gasteiger charge is -2.22. The zero-order chi connectivity index (χ0) is 19.0. The summed E-state index contributed by atoms with van der Waals surface area (Å²) in [5.41, 5.74) is 0. The highest BCUT2D eigenvalue weighted by atomic mass is 19.4. The van der Waals surface area contributed by atoms with Gasteiger partial charge < -0.3 is 15.7 Å². The van der Waals surface area contributed by atoms with Gasteiger partial charge in [0.15, 0.2) is 0 Å². The van der Waals surface area contributed by atoms with Crippen molar-refractivity contribution in [1.82, 2.24) is 15.5 Å². The maximum absolute atomic E-state index is 12.0. The highest BCUT2D eigenvalue weighted by molar-refractivity contribution is 5.82. The third kappa shape index (κ3) is 9.86. The highest BCUT2D eigenvalue weighted by Crippen LogP contribution is 2.14. The fraction of sp³-hybridized carbons (Fsp3) is 0.727. The topological polar surface area (TPSA) is 98.7 Å². The van der Waals surface area contributed by atoms with Gasteiger partial charge in [-0.25, -0.2) is 0 Å². The number of halogens is 6. The minimum atomic E-state index is -5.08. The summed E-state index contributed by atoms with van der Waals surface area (Å²) in [6, 6.07) is 0. The van der Waals surface area contributed by atoms with Crippen LogP contribution in [0.4, 0.5) is 26.3 Å². The molecule has 140 valence electrons. The number of hydrogen-bond acceptors (Lipinski definition) is 4. The molecule has 0 fully saturated rings. The minimum Gasteiger partial charge on any atom is -0.481 e. The second-order valence-corrected chi connectivity index (χ2v) is 4.49. The van der Waals surface area contributed by atoms with Gasteiger partial charge in [0.1, 0.15) is 0 Å². The van der Waals surface area contributed by atoms with E-state index in [0.29, 0.717) is 0 Å². The van der Waals surface area contributed by atoms with E-state index in [9.17, 15) is 40.7 Å². The van der Waals surface area contributed by atoms with Crippen LogP contribution in [0, 0.1) is 0 Å². The average molecular weight is 367 g/mol. The SMILES string of the molecule is O=C(O)CCN(CCNC(=O)C(F)(F)F)CCNC(=O)C(F)(F)F. The number of alkyl halides is 6. The third-order valence-electron chi connectivity index (χ3n) is 2.58. The molecule has 0 aliphatic heterocycles. The van der Waals surface area contributed by atoms with E-state index < -0.39 is 49.6 Å². The van der Waals surface area contributed by atoms with Crippen molar-refractivity contribution < 1.29 is 45.8 Å². The molecular formula is C11H15F6N3O4. The van der Waals surface area contributed by atoms with Crippen molar-refractivity contribution in [3.05, 3.63) is 0 Å². The molecule has 0 unspecified atom stereocenters. The Morgan fingerprint density at radius 1 is 0.792 bits per heavy atom. The Morgan fingerprint density at radius 2 is 1.17 bits per heavy atom. The van der Waals surface area contributed by atoms with Gasteiger partial charge >= 0.3 is 30.1 Å². The van der Waals surface area contributed by atoms with E-state index in [0.717, 1.165) is 0 Å². The van der Waals surface area contributed by atoms with E-state index in [4.69, 9.17) is 5.11 Å². The van der Waals surface area contributed by atoms with Crippen molar-refractivity contribution in [2.24, 2.45) is 0 Å². The summed E-state index contributed by atoms with van der Waals surface area (Å²) in [5.74, 6) is -5.60. The van der Waals surface area contributed by atoms with Crippen LogP contribution in [0.1, 0.15) is 6.42 Å². The Labute approximate surface area is 132 Å². The molecule has 7 nitrogen and oxygen atoms in total. The standard InChI is InChI=1S/C11H15F6N3O4/c12-10(13,14)8(23)18-2-5-20(4-1-7(21)22)6-3-19-9(24)11(15,16)17/h1-6H2,(H,18,23)(H,19,24)(H,21,22). The van der Waals surface area contributed by atoms with E-state index in [-0.39, 0.29) is 19.6 Å². The van der Waals surface area contributed by atoms with Crippen molar-refractivity contribution in [2.45, 2.75) is 18.8 Å². The lowest BCUT2D eigenvalue weighted by atomic mass is 10.3. The molecule has 3 N–H and O–H groups in total. The Morgan fingerprint density at radius 3 is 1.46 bits per heavy atom. The third-order valence-corrected chi connectivity index (χ3v) is 2.58. The van der Waals surface area contributed by atoms with E-state index in [1.54, 1.807) is 10.6 Å². The van der Waals surface area contributed by atoms with Crippen LogP contribution in [0.3, 0.4) is 0 Å². The van der Waals surface area contributed by atoms with Crippen molar-refractivity contribution in [3.8, 4) is 0 Å². The first-order chi connectivity index (χ1) is 10.8. The number of nitrogens with zero attached hydrogens (tertiary/aromatic N) is 1. The largest absolute Gasteiger partial charge is 0.481 e. The van der Waals surface area contributed by atoms with E-state index in [2.05, 4.69) is 0 Å². The van der Waals surface area contributed by atoms with Crippen molar-refractivity contribution in [2.75, 3.05) is 32.7 Å². The number of rotatable bonds is 9. The van der Waals surface area contributed by atoms with Gasteiger partial charge in [0, 0.05) is 32.7 Å². The van der Waals surface area contributed by atoms with Gasteiger partial charge in [0.2, 0.25) is 0 Å². The number of carboxylic acid groups (broad SMARTS) is 1. The van der Waals surface area contributed by atoms with Gasteiger partial charge in [-0.3, -0.25) is 19.3 Å². The van der Waals surface area contributed by atoms with Crippen LogP contribution >= 0.6 is 0 Å². The Kier molecular flexibility index (Phi) is 8.50. The first-order valence-corrected chi connectivity index (χ1v) is 6.48. The summed E-state index contributed by atoms with van der Waals surface area (Å²) < 4.78 is 71.8. The molecule has 0 spiro atoms. The lowest BCUT2D eigenvalue weighted by molar-refractivity contribution is -0.173.